The molecule has 0 N–H and O–H groups in total. The van der Waals surface area contributed by atoms with Crippen molar-refractivity contribution in [1.29, 1.82) is 0 Å². The Morgan fingerprint density at radius 2 is 1.62 bits per heavy atom. The Morgan fingerprint density at radius 1 is 1.00 bits per heavy atom. The summed E-state index contributed by atoms with van der Waals surface area (Å²) in [4.78, 5) is 4.40. The second-order valence-electron chi connectivity index (χ2n) is 4.44. The number of benzene rings is 2. The van der Waals surface area contributed by atoms with Gasteiger partial charge >= 0.3 is 6.18 Å². The number of hydrogen-bond acceptors (Lipinski definition) is 2. The van der Waals surface area contributed by atoms with Gasteiger partial charge in [-0.3, -0.25) is 0 Å². The molecule has 0 bridgehead atoms. The molecule has 0 radical (unpaired) electrons. The van der Waals surface area contributed by atoms with Gasteiger partial charge in [-0.05, 0) is 36.8 Å². The number of para-hydroxylation sites is 2. The molecule has 0 aromatic heterocycles. The molecule has 110 valence electrons. The Morgan fingerprint density at radius 3 is 2.19 bits per heavy atom. The van der Waals surface area contributed by atoms with Crippen molar-refractivity contribution in [2.24, 2.45) is 4.99 Å². The molecule has 0 saturated carbocycles. The minimum Gasteiger partial charge on any atom is -0.494 e. The number of ether oxygens (including phenoxy) is 1. The lowest BCUT2D eigenvalue weighted by Crippen LogP contribution is -2.05. The van der Waals surface area contributed by atoms with Gasteiger partial charge in [0.25, 0.3) is 0 Å². The van der Waals surface area contributed by atoms with Crippen LogP contribution in [0.5, 0.6) is 5.75 Å². The predicted octanol–water partition coefficient (Wildman–Crippen LogP) is 4.85. The van der Waals surface area contributed by atoms with Crippen LogP contribution in [-0.4, -0.2) is 12.8 Å². The number of methoxy groups -OCH3 is 1. The van der Waals surface area contributed by atoms with E-state index in [-0.39, 0.29) is 0 Å². The van der Waals surface area contributed by atoms with Crippen molar-refractivity contribution in [2.45, 2.75) is 13.1 Å². The fourth-order valence-electron chi connectivity index (χ4n) is 1.87. The molecule has 0 fully saturated rings. The highest BCUT2D eigenvalue weighted by Gasteiger charge is 2.29. The molecule has 2 rings (SSSR count). The first-order chi connectivity index (χ1) is 9.91. The number of hydrogen-bond donors (Lipinski definition) is 0. The minimum atomic E-state index is -4.33. The second kappa shape index (κ2) is 5.99. The van der Waals surface area contributed by atoms with E-state index in [1.807, 2.05) is 12.1 Å². The Kier molecular flexibility index (Phi) is 4.31. The van der Waals surface area contributed by atoms with Crippen LogP contribution >= 0.6 is 0 Å². The largest absolute Gasteiger partial charge is 0.494 e. The molecule has 0 amide bonds. The van der Waals surface area contributed by atoms with Gasteiger partial charge in [-0.25, -0.2) is 4.99 Å². The number of rotatable bonds is 3. The van der Waals surface area contributed by atoms with Crippen molar-refractivity contribution in [3.8, 4) is 5.75 Å². The summed E-state index contributed by atoms with van der Waals surface area (Å²) in [7, 11) is 1.54. The van der Waals surface area contributed by atoms with Gasteiger partial charge in [0.1, 0.15) is 11.4 Å². The molecule has 0 saturated heterocycles. The lowest BCUT2D eigenvalue weighted by Gasteiger charge is -2.08. The van der Waals surface area contributed by atoms with Crippen LogP contribution in [0.1, 0.15) is 18.1 Å². The van der Waals surface area contributed by atoms with Gasteiger partial charge in [0.15, 0.2) is 0 Å². The molecule has 5 heteroatoms. The third-order valence-corrected chi connectivity index (χ3v) is 3.00. The molecule has 2 aromatic rings. The van der Waals surface area contributed by atoms with Crippen LogP contribution in [0.25, 0.3) is 0 Å². The van der Waals surface area contributed by atoms with E-state index in [0.29, 0.717) is 22.7 Å². The third-order valence-electron chi connectivity index (χ3n) is 3.00. The predicted molar refractivity (Wildman–Crippen MR) is 76.3 cm³/mol. The van der Waals surface area contributed by atoms with E-state index in [2.05, 4.69) is 4.99 Å². The average molecular weight is 293 g/mol. The normalized spacial score (nSPS) is 12.3. The summed E-state index contributed by atoms with van der Waals surface area (Å²) in [5.41, 5.74) is 1.22. The summed E-state index contributed by atoms with van der Waals surface area (Å²) < 4.78 is 42.7. The molecule has 2 aromatic carbocycles. The molecule has 2 nitrogen and oxygen atoms in total. The van der Waals surface area contributed by atoms with E-state index >= 15 is 0 Å². The minimum absolute atomic E-state index is 0.615. The Labute approximate surface area is 120 Å². The molecule has 0 spiro atoms. The summed E-state index contributed by atoms with van der Waals surface area (Å²) in [5, 5.41) is 0. The molecule has 0 aliphatic heterocycles. The van der Waals surface area contributed by atoms with Crippen molar-refractivity contribution in [3.05, 3.63) is 59.7 Å². The number of nitrogens with zero attached hydrogens (tertiary/aromatic N) is 1. The average Bonchev–Trinajstić information content (AvgIpc) is 2.47. The van der Waals surface area contributed by atoms with Crippen LogP contribution in [0.4, 0.5) is 18.9 Å². The van der Waals surface area contributed by atoms with Crippen LogP contribution in [0, 0.1) is 0 Å². The van der Waals surface area contributed by atoms with Gasteiger partial charge in [0.2, 0.25) is 0 Å². The summed E-state index contributed by atoms with van der Waals surface area (Å²) in [5.74, 6) is 0.615. The SMILES string of the molecule is COc1ccccc1/N=C(/C)c1ccc(C(F)(F)F)cc1. The van der Waals surface area contributed by atoms with E-state index in [0.717, 1.165) is 12.1 Å². The maximum absolute atomic E-state index is 12.5. The molecule has 0 atom stereocenters. The lowest BCUT2D eigenvalue weighted by molar-refractivity contribution is -0.137. The van der Waals surface area contributed by atoms with Crippen molar-refractivity contribution in [3.63, 3.8) is 0 Å². The Bertz CT molecular complexity index is 645. The second-order valence-corrected chi connectivity index (χ2v) is 4.44. The highest BCUT2D eigenvalue weighted by atomic mass is 19.4. The standard InChI is InChI=1S/C16H14F3NO/c1-11(20-14-5-3-4-6-15(14)21-2)12-7-9-13(10-8-12)16(17,18)19/h3-10H,1-2H3/b20-11-. The first-order valence-corrected chi connectivity index (χ1v) is 6.28. The zero-order valence-electron chi connectivity index (χ0n) is 11.6. The Balaban J connectivity index is 2.31. The van der Waals surface area contributed by atoms with Gasteiger partial charge in [-0.15, -0.1) is 0 Å². The molecular weight excluding hydrogens is 279 g/mol. The quantitative estimate of drug-likeness (QED) is 0.741. The third kappa shape index (κ3) is 3.62. The summed E-state index contributed by atoms with van der Waals surface area (Å²) in [6, 6.07) is 12.1. The summed E-state index contributed by atoms with van der Waals surface area (Å²) >= 11 is 0. The zero-order chi connectivity index (χ0) is 15.5. The molecule has 21 heavy (non-hydrogen) atoms. The van der Waals surface area contributed by atoms with Gasteiger partial charge < -0.3 is 4.74 Å². The van der Waals surface area contributed by atoms with Crippen molar-refractivity contribution >= 4 is 11.4 Å². The van der Waals surface area contributed by atoms with E-state index < -0.39 is 11.7 Å². The van der Waals surface area contributed by atoms with Gasteiger partial charge in [-0.2, -0.15) is 13.2 Å². The maximum atomic E-state index is 12.5. The van der Waals surface area contributed by atoms with E-state index in [1.165, 1.54) is 12.1 Å². The summed E-state index contributed by atoms with van der Waals surface area (Å²) in [6.07, 6.45) is -4.33. The zero-order valence-corrected chi connectivity index (χ0v) is 11.6. The maximum Gasteiger partial charge on any atom is 0.416 e. The van der Waals surface area contributed by atoms with Gasteiger partial charge in [0.05, 0.1) is 12.7 Å². The lowest BCUT2D eigenvalue weighted by atomic mass is 10.1. The molecule has 0 heterocycles. The van der Waals surface area contributed by atoms with E-state index in [1.54, 1.807) is 26.2 Å². The Hall–Kier alpha value is -2.30. The van der Waals surface area contributed by atoms with Crippen molar-refractivity contribution < 1.29 is 17.9 Å². The van der Waals surface area contributed by atoms with Crippen molar-refractivity contribution in [2.75, 3.05) is 7.11 Å². The van der Waals surface area contributed by atoms with E-state index in [4.69, 9.17) is 4.74 Å². The van der Waals surface area contributed by atoms with Gasteiger partial charge in [0, 0.05) is 5.71 Å². The first kappa shape index (κ1) is 15.1. The smallest absolute Gasteiger partial charge is 0.416 e. The topological polar surface area (TPSA) is 21.6 Å². The van der Waals surface area contributed by atoms with Crippen LogP contribution < -0.4 is 4.74 Å². The number of aliphatic imine (C=N–C) groups is 1. The fraction of sp³-hybridized carbons (Fsp3) is 0.188. The number of alkyl halides is 3. The highest BCUT2D eigenvalue weighted by Crippen LogP contribution is 2.30. The molecular formula is C16H14F3NO. The van der Waals surface area contributed by atoms with Crippen molar-refractivity contribution in [1.82, 2.24) is 0 Å². The van der Waals surface area contributed by atoms with Crippen LogP contribution in [-0.2, 0) is 6.18 Å². The van der Waals surface area contributed by atoms with Crippen LogP contribution in [0.3, 0.4) is 0 Å². The van der Waals surface area contributed by atoms with Crippen LogP contribution in [0.15, 0.2) is 53.5 Å². The monoisotopic (exact) mass is 293 g/mol. The fourth-order valence-corrected chi connectivity index (χ4v) is 1.87. The van der Waals surface area contributed by atoms with Crippen LogP contribution in [0.2, 0.25) is 0 Å². The summed E-state index contributed by atoms with van der Waals surface area (Å²) in [6.45, 7) is 1.75. The first-order valence-electron chi connectivity index (χ1n) is 6.28. The molecule has 0 unspecified atom stereocenters. The molecule has 0 aliphatic carbocycles. The molecule has 0 aliphatic rings. The number of halogens is 3. The van der Waals surface area contributed by atoms with Gasteiger partial charge in [-0.1, -0.05) is 24.3 Å². The van der Waals surface area contributed by atoms with E-state index in [9.17, 15) is 13.2 Å². The highest BCUT2D eigenvalue weighted by molar-refractivity contribution is 6.00.